The Labute approximate surface area is 202 Å². The molecule has 3 amide bonds. The summed E-state index contributed by atoms with van der Waals surface area (Å²) in [5, 5.41) is 2.33. The van der Waals surface area contributed by atoms with E-state index < -0.39 is 17.9 Å². The fourth-order valence-electron chi connectivity index (χ4n) is 5.21. The van der Waals surface area contributed by atoms with Gasteiger partial charge in [0.25, 0.3) is 5.92 Å². The van der Waals surface area contributed by atoms with Crippen molar-refractivity contribution in [3.8, 4) is 0 Å². The summed E-state index contributed by atoms with van der Waals surface area (Å²) in [7, 11) is 0. The molecular formula is C26H29F2N3O4. The lowest BCUT2D eigenvalue weighted by Gasteiger charge is -2.31. The maximum atomic E-state index is 13.4. The first-order valence-electron chi connectivity index (χ1n) is 12.1. The number of alkyl halides is 2. The number of halogens is 2. The molecule has 9 heteroatoms. The molecule has 0 bridgehead atoms. The first-order chi connectivity index (χ1) is 16.8. The number of imide groups is 1. The van der Waals surface area contributed by atoms with Crippen molar-refractivity contribution in [1.82, 2.24) is 15.1 Å². The van der Waals surface area contributed by atoms with E-state index in [0.717, 1.165) is 16.7 Å². The molecule has 5 rings (SSSR count). The number of benzene rings is 1. The van der Waals surface area contributed by atoms with Crippen molar-refractivity contribution in [2.45, 2.75) is 57.2 Å². The number of nitrogens with zero attached hydrogens (tertiary/aromatic N) is 2. The molecular weight excluding hydrogens is 456 g/mol. The number of fused-ring (bicyclic) bond motifs is 1. The van der Waals surface area contributed by atoms with Crippen molar-refractivity contribution < 1.29 is 27.9 Å². The second kappa shape index (κ2) is 9.53. The number of carbonyl (C=O) groups excluding carboxylic acids is 3. The molecule has 1 aromatic carbocycles. The summed E-state index contributed by atoms with van der Waals surface area (Å²) in [5.74, 6) is -3.03. The zero-order valence-electron chi connectivity index (χ0n) is 19.5. The van der Waals surface area contributed by atoms with E-state index in [-0.39, 0.29) is 37.0 Å². The van der Waals surface area contributed by atoms with Gasteiger partial charge in [-0.25, -0.2) is 8.78 Å². The van der Waals surface area contributed by atoms with Crippen LogP contribution >= 0.6 is 0 Å². The first kappa shape index (κ1) is 23.7. The van der Waals surface area contributed by atoms with Gasteiger partial charge in [-0.3, -0.25) is 24.6 Å². The first-order valence-corrected chi connectivity index (χ1v) is 12.1. The molecule has 0 radical (unpaired) electrons. The second-order valence-electron chi connectivity index (χ2n) is 9.75. The summed E-state index contributed by atoms with van der Waals surface area (Å²) >= 11 is 0. The van der Waals surface area contributed by atoms with Crippen molar-refractivity contribution in [3.05, 3.63) is 58.9 Å². The largest absolute Gasteiger partial charge is 0.489 e. The van der Waals surface area contributed by atoms with Crippen LogP contribution < -0.4 is 5.32 Å². The molecule has 1 aliphatic carbocycles. The van der Waals surface area contributed by atoms with E-state index in [1.807, 2.05) is 41.3 Å². The zero-order valence-corrected chi connectivity index (χ0v) is 19.5. The SMILES string of the molecule is O=C1CCC(N2CC3=C(OCc4ccc(CN5CCC(F)(F)CC5)cc4)C=CCC3C2=O)C(=O)N1. The molecule has 3 fully saturated rings. The lowest BCUT2D eigenvalue weighted by Crippen LogP contribution is -2.53. The van der Waals surface area contributed by atoms with Crippen LogP contribution in [0.5, 0.6) is 0 Å². The van der Waals surface area contributed by atoms with Crippen LogP contribution in [0.3, 0.4) is 0 Å². The number of hydrogen-bond donors (Lipinski definition) is 1. The molecule has 7 nitrogen and oxygen atoms in total. The van der Waals surface area contributed by atoms with Gasteiger partial charge in [-0.15, -0.1) is 0 Å². The molecule has 3 heterocycles. The van der Waals surface area contributed by atoms with Gasteiger partial charge in [-0.2, -0.15) is 0 Å². The monoisotopic (exact) mass is 485 g/mol. The number of allylic oxidation sites excluding steroid dienone is 2. The third-order valence-electron chi connectivity index (χ3n) is 7.30. The fourth-order valence-corrected chi connectivity index (χ4v) is 5.21. The van der Waals surface area contributed by atoms with E-state index in [4.69, 9.17) is 4.74 Å². The summed E-state index contributed by atoms with van der Waals surface area (Å²) in [5.41, 5.74) is 2.91. The maximum Gasteiger partial charge on any atom is 0.250 e. The summed E-state index contributed by atoms with van der Waals surface area (Å²) in [6, 6.07) is 7.30. The molecule has 3 saturated heterocycles. The second-order valence-corrected chi connectivity index (χ2v) is 9.75. The minimum Gasteiger partial charge on any atom is -0.489 e. The number of hydrogen-bond acceptors (Lipinski definition) is 5. The van der Waals surface area contributed by atoms with Crippen molar-refractivity contribution in [2.75, 3.05) is 19.6 Å². The lowest BCUT2D eigenvalue weighted by atomic mass is 9.93. The molecule has 35 heavy (non-hydrogen) atoms. The van der Waals surface area contributed by atoms with Crippen molar-refractivity contribution in [1.29, 1.82) is 0 Å². The van der Waals surface area contributed by atoms with Gasteiger partial charge in [-0.05, 0) is 30.0 Å². The predicted octanol–water partition coefficient (Wildman–Crippen LogP) is 2.91. The van der Waals surface area contributed by atoms with Gasteiger partial charge < -0.3 is 9.64 Å². The highest BCUT2D eigenvalue weighted by molar-refractivity contribution is 6.02. The molecule has 2 unspecified atom stereocenters. The molecule has 4 aliphatic rings. The average Bonchev–Trinajstić information content (AvgIpc) is 3.17. The number of likely N-dealkylation sites (tertiary alicyclic amines) is 2. The van der Waals surface area contributed by atoms with Crippen LogP contribution in [0.15, 0.2) is 47.7 Å². The van der Waals surface area contributed by atoms with Crippen LogP contribution in [-0.4, -0.2) is 59.1 Å². The Morgan fingerprint density at radius 2 is 1.77 bits per heavy atom. The smallest absolute Gasteiger partial charge is 0.250 e. The molecule has 1 N–H and O–H groups in total. The number of rotatable bonds is 6. The predicted molar refractivity (Wildman–Crippen MR) is 123 cm³/mol. The van der Waals surface area contributed by atoms with Crippen LogP contribution in [0.1, 0.15) is 43.2 Å². The van der Waals surface area contributed by atoms with Crippen molar-refractivity contribution in [3.63, 3.8) is 0 Å². The van der Waals surface area contributed by atoms with Crippen LogP contribution in [0.2, 0.25) is 0 Å². The van der Waals surface area contributed by atoms with Gasteiger partial charge in [0.15, 0.2) is 0 Å². The van der Waals surface area contributed by atoms with Crippen LogP contribution in [0.25, 0.3) is 0 Å². The van der Waals surface area contributed by atoms with Crippen LogP contribution in [0, 0.1) is 5.92 Å². The van der Waals surface area contributed by atoms with Gasteiger partial charge in [0.2, 0.25) is 17.7 Å². The lowest BCUT2D eigenvalue weighted by molar-refractivity contribution is -0.144. The zero-order chi connectivity index (χ0) is 24.6. The molecule has 0 saturated carbocycles. The Morgan fingerprint density at radius 3 is 2.49 bits per heavy atom. The van der Waals surface area contributed by atoms with E-state index >= 15 is 0 Å². The van der Waals surface area contributed by atoms with Gasteiger partial charge >= 0.3 is 0 Å². The quantitative estimate of drug-likeness (QED) is 0.627. The van der Waals surface area contributed by atoms with Crippen molar-refractivity contribution >= 4 is 17.7 Å². The van der Waals surface area contributed by atoms with Crippen molar-refractivity contribution in [2.24, 2.45) is 5.92 Å². The molecule has 0 spiro atoms. The summed E-state index contributed by atoms with van der Waals surface area (Å²) in [6.07, 6.45) is 4.76. The molecule has 186 valence electrons. The Balaban J connectivity index is 1.20. The average molecular weight is 486 g/mol. The molecule has 2 atom stereocenters. The highest BCUT2D eigenvalue weighted by atomic mass is 19.3. The molecule has 3 aliphatic heterocycles. The van der Waals surface area contributed by atoms with Gasteiger partial charge in [0.1, 0.15) is 18.4 Å². The van der Waals surface area contributed by atoms with Gasteiger partial charge in [0.05, 0.1) is 5.92 Å². The number of nitrogens with one attached hydrogen (secondary N) is 1. The topological polar surface area (TPSA) is 79.0 Å². The standard InChI is InChI=1S/C26H29F2N3O4/c27-26(28)10-12-30(13-11-26)14-17-4-6-18(7-5-17)16-35-22-3-1-2-19-20(22)15-31(25(19)34)21-8-9-23(32)29-24(21)33/h1,3-7,19,21H,2,8-16H2,(H,29,32,33). The Hall–Kier alpha value is -3.07. The highest BCUT2D eigenvalue weighted by Gasteiger charge is 2.45. The van der Waals surface area contributed by atoms with Crippen LogP contribution in [-0.2, 0) is 32.3 Å². The van der Waals surface area contributed by atoms with Gasteiger partial charge in [0, 0.05) is 51.0 Å². The Bertz CT molecular complexity index is 1070. The van der Waals surface area contributed by atoms with E-state index in [1.54, 1.807) is 4.90 Å². The Morgan fingerprint density at radius 1 is 1.06 bits per heavy atom. The highest BCUT2D eigenvalue weighted by Crippen LogP contribution is 2.36. The third-order valence-corrected chi connectivity index (χ3v) is 7.30. The minimum atomic E-state index is -2.54. The van der Waals surface area contributed by atoms with E-state index in [9.17, 15) is 23.2 Å². The number of piperidine rings is 2. The Kier molecular flexibility index (Phi) is 6.44. The van der Waals surface area contributed by atoms with E-state index in [0.29, 0.717) is 51.4 Å². The third kappa shape index (κ3) is 5.15. The fraction of sp³-hybridized carbons (Fsp3) is 0.500. The summed E-state index contributed by atoms with van der Waals surface area (Å²) in [4.78, 5) is 40.4. The number of ether oxygens (including phenoxy) is 1. The number of carbonyl (C=O) groups is 3. The summed E-state index contributed by atoms with van der Waals surface area (Å²) < 4.78 is 32.8. The van der Waals surface area contributed by atoms with Crippen LogP contribution in [0.4, 0.5) is 8.78 Å². The molecule has 0 aromatic heterocycles. The maximum absolute atomic E-state index is 13.4. The minimum absolute atomic E-state index is 0.0889. The number of amides is 3. The normalized spacial score (nSPS) is 26.7. The summed E-state index contributed by atoms with van der Waals surface area (Å²) in [6.45, 7) is 2.10. The van der Waals surface area contributed by atoms with Gasteiger partial charge in [-0.1, -0.05) is 30.3 Å². The molecule has 1 aromatic rings. The van der Waals surface area contributed by atoms with E-state index in [1.165, 1.54) is 0 Å². The van der Waals surface area contributed by atoms with E-state index in [2.05, 4.69) is 5.32 Å².